The van der Waals surface area contributed by atoms with E-state index in [0.29, 0.717) is 5.92 Å². The van der Waals surface area contributed by atoms with Crippen LogP contribution in [0.3, 0.4) is 0 Å². The minimum absolute atomic E-state index is 0.0114. The topological polar surface area (TPSA) is 3.24 Å². The molecule has 0 spiro atoms. The van der Waals surface area contributed by atoms with Crippen molar-refractivity contribution >= 4 is 17.1 Å². The first-order chi connectivity index (χ1) is 37.4. The Bertz CT molecular complexity index is 3760. The van der Waals surface area contributed by atoms with Crippen molar-refractivity contribution in [2.45, 2.75) is 109 Å². The molecule has 10 aromatic carbocycles. The van der Waals surface area contributed by atoms with Gasteiger partial charge < -0.3 is 4.90 Å². The zero-order valence-corrected chi connectivity index (χ0v) is 47.5. The Labute approximate surface area is 465 Å². The quantitative estimate of drug-likeness (QED) is 0.139. The van der Waals surface area contributed by atoms with Gasteiger partial charge in [0.1, 0.15) is 0 Å². The second-order valence-electron chi connectivity index (χ2n) is 25.6. The van der Waals surface area contributed by atoms with E-state index in [9.17, 15) is 0 Å². The Hall–Kier alpha value is -8.00. The van der Waals surface area contributed by atoms with Crippen molar-refractivity contribution in [2.75, 3.05) is 4.90 Å². The molecule has 2 aliphatic rings. The molecule has 1 unspecified atom stereocenters. The van der Waals surface area contributed by atoms with E-state index in [1.54, 1.807) is 0 Å². The molecule has 1 atom stereocenters. The monoisotopic (exact) mass is 1010 g/mol. The molecule has 0 heterocycles. The molecule has 2 aliphatic carbocycles. The summed E-state index contributed by atoms with van der Waals surface area (Å²) in [4.78, 5) is 2.52. The summed E-state index contributed by atoms with van der Waals surface area (Å²) in [5.74, 6) is 0.475. The van der Waals surface area contributed by atoms with Gasteiger partial charge in [-0.05, 0) is 159 Å². The van der Waals surface area contributed by atoms with Gasteiger partial charge in [0.05, 0.1) is 10.8 Å². The molecular formula is C77H73N. The summed E-state index contributed by atoms with van der Waals surface area (Å²) in [5.41, 5.74) is 25.2. The first-order valence-electron chi connectivity index (χ1n) is 28.3. The molecule has 0 fully saturated rings. The van der Waals surface area contributed by atoms with Crippen LogP contribution in [-0.2, 0) is 27.1 Å². The number of hydrogen-bond donors (Lipinski definition) is 0. The van der Waals surface area contributed by atoms with E-state index in [0.717, 1.165) is 17.1 Å². The predicted octanol–water partition coefficient (Wildman–Crippen LogP) is 20.6. The summed E-state index contributed by atoms with van der Waals surface area (Å²) in [7, 11) is 0. The molecule has 0 bridgehead atoms. The normalized spacial score (nSPS) is 15.4. The third-order valence-electron chi connectivity index (χ3n) is 17.4. The van der Waals surface area contributed by atoms with E-state index in [1.165, 1.54) is 100 Å². The van der Waals surface area contributed by atoms with Gasteiger partial charge in [0, 0.05) is 17.1 Å². The molecule has 0 saturated heterocycles. The molecule has 12 rings (SSSR count). The average Bonchev–Trinajstić information content (AvgIpc) is 4.02. The molecule has 0 aromatic heterocycles. The van der Waals surface area contributed by atoms with Crippen LogP contribution in [0.4, 0.5) is 17.1 Å². The lowest BCUT2D eigenvalue weighted by Gasteiger charge is -2.36. The van der Waals surface area contributed by atoms with Crippen molar-refractivity contribution in [3.8, 4) is 33.4 Å². The standard InChI is InChI=1S/C77H73N/c1-51(2)52-25-27-53(28-26-52)54-29-43-62(44-30-54)78(63-45-47-67-65-21-15-17-23-69(65)76(71(67)49-63,58-19-13-12-14-20-58)59-37-31-55(32-38-59)73(3,4)5)64-46-48-68-66-22-16-18-24-70(66)77(72(68)50-64,60-39-33-56(34-40-60)74(6,7)8)61-41-35-57(36-42-61)75(9,10)11/h12-51H,1-11H3. The molecule has 0 radical (unpaired) electrons. The molecule has 386 valence electrons. The zero-order chi connectivity index (χ0) is 54.4. The van der Waals surface area contributed by atoms with Gasteiger partial charge >= 0.3 is 0 Å². The van der Waals surface area contributed by atoms with Crippen molar-refractivity contribution in [2.24, 2.45) is 0 Å². The third kappa shape index (κ3) is 8.28. The SMILES string of the molecule is CC(C)c1ccc(-c2ccc(N(c3ccc4c(c3)C(c3ccccc3)(c3ccc(C(C)(C)C)cc3)c3ccccc3-4)c3ccc4c(c3)C(c3ccc(C(C)(C)C)cc3)(c3ccc(C(C)(C)C)cc3)c3ccccc3-4)cc2)cc1. The molecule has 0 aliphatic heterocycles. The van der Waals surface area contributed by atoms with Crippen LogP contribution in [0.2, 0.25) is 0 Å². The van der Waals surface area contributed by atoms with E-state index < -0.39 is 10.8 Å². The van der Waals surface area contributed by atoms with Gasteiger partial charge in [0.15, 0.2) is 0 Å². The fraction of sp³-hybridized carbons (Fsp3) is 0.221. The second-order valence-corrected chi connectivity index (χ2v) is 25.6. The summed E-state index contributed by atoms with van der Waals surface area (Å²) < 4.78 is 0. The first kappa shape index (κ1) is 50.8. The fourth-order valence-electron chi connectivity index (χ4n) is 13.0. The number of benzene rings is 10. The number of nitrogens with zero attached hydrogens (tertiary/aromatic N) is 1. The van der Waals surface area contributed by atoms with Gasteiger partial charge in [0.25, 0.3) is 0 Å². The van der Waals surface area contributed by atoms with Gasteiger partial charge in [0.2, 0.25) is 0 Å². The predicted molar refractivity (Wildman–Crippen MR) is 331 cm³/mol. The minimum atomic E-state index is -0.603. The van der Waals surface area contributed by atoms with Crippen LogP contribution in [0.25, 0.3) is 33.4 Å². The molecule has 10 aromatic rings. The summed E-state index contributed by atoms with van der Waals surface area (Å²) >= 11 is 0. The lowest BCUT2D eigenvalue weighted by molar-refractivity contribution is 0.588. The Morgan fingerprint density at radius 3 is 0.987 bits per heavy atom. The van der Waals surface area contributed by atoms with Crippen LogP contribution in [-0.4, -0.2) is 0 Å². The highest BCUT2D eigenvalue weighted by Crippen LogP contribution is 2.60. The van der Waals surface area contributed by atoms with Crippen LogP contribution in [0.15, 0.2) is 237 Å². The lowest BCUT2D eigenvalue weighted by Crippen LogP contribution is -2.29. The van der Waals surface area contributed by atoms with Crippen LogP contribution in [0.5, 0.6) is 0 Å². The summed E-state index contributed by atoms with van der Waals surface area (Å²) in [5, 5.41) is 0. The maximum atomic E-state index is 2.53. The highest BCUT2D eigenvalue weighted by Gasteiger charge is 2.48. The maximum Gasteiger partial charge on any atom is 0.0714 e. The number of rotatable bonds is 9. The minimum Gasteiger partial charge on any atom is -0.310 e. The van der Waals surface area contributed by atoms with Gasteiger partial charge in [-0.25, -0.2) is 0 Å². The van der Waals surface area contributed by atoms with Crippen molar-refractivity contribution in [1.82, 2.24) is 0 Å². The van der Waals surface area contributed by atoms with Crippen molar-refractivity contribution in [3.63, 3.8) is 0 Å². The van der Waals surface area contributed by atoms with E-state index >= 15 is 0 Å². The Kier molecular flexibility index (Phi) is 12.3. The number of hydrogen-bond acceptors (Lipinski definition) is 1. The summed E-state index contributed by atoms with van der Waals surface area (Å²) in [6.07, 6.45) is 0. The lowest BCUT2D eigenvalue weighted by atomic mass is 9.66. The molecule has 0 N–H and O–H groups in total. The van der Waals surface area contributed by atoms with Gasteiger partial charge in [-0.2, -0.15) is 0 Å². The van der Waals surface area contributed by atoms with Crippen molar-refractivity contribution in [1.29, 1.82) is 0 Å². The van der Waals surface area contributed by atoms with Gasteiger partial charge in [-0.3, -0.25) is 0 Å². The average molecular weight is 1010 g/mol. The second kappa shape index (κ2) is 18.9. The fourth-order valence-corrected chi connectivity index (χ4v) is 13.0. The third-order valence-corrected chi connectivity index (χ3v) is 17.4. The van der Waals surface area contributed by atoms with Crippen LogP contribution < -0.4 is 4.90 Å². The summed E-state index contributed by atoms with van der Waals surface area (Å²) in [6, 6.07) is 91.1. The van der Waals surface area contributed by atoms with Gasteiger partial charge in [-0.1, -0.05) is 276 Å². The van der Waals surface area contributed by atoms with Crippen molar-refractivity contribution in [3.05, 3.63) is 303 Å². The number of fused-ring (bicyclic) bond motifs is 6. The summed E-state index contributed by atoms with van der Waals surface area (Å²) in [6.45, 7) is 25.3. The molecule has 1 heteroatoms. The highest BCUT2D eigenvalue weighted by atomic mass is 15.1. The number of anilines is 3. The van der Waals surface area contributed by atoms with Crippen molar-refractivity contribution < 1.29 is 0 Å². The molecule has 78 heavy (non-hydrogen) atoms. The zero-order valence-electron chi connectivity index (χ0n) is 47.5. The molecular weight excluding hydrogens is 939 g/mol. The Morgan fingerprint density at radius 2 is 0.615 bits per heavy atom. The largest absolute Gasteiger partial charge is 0.310 e. The van der Waals surface area contributed by atoms with Crippen LogP contribution >= 0.6 is 0 Å². The Balaban J connectivity index is 1.12. The van der Waals surface area contributed by atoms with Crippen LogP contribution in [0.1, 0.15) is 149 Å². The first-order valence-corrected chi connectivity index (χ1v) is 28.3. The maximum absolute atomic E-state index is 2.53. The van der Waals surface area contributed by atoms with Gasteiger partial charge in [-0.15, -0.1) is 0 Å². The smallest absolute Gasteiger partial charge is 0.0714 e. The molecule has 0 amide bonds. The van der Waals surface area contributed by atoms with E-state index in [2.05, 4.69) is 318 Å². The molecule has 1 nitrogen and oxygen atoms in total. The van der Waals surface area contributed by atoms with Crippen LogP contribution in [0, 0.1) is 0 Å². The molecule has 0 saturated carbocycles. The van der Waals surface area contributed by atoms with E-state index in [4.69, 9.17) is 0 Å². The highest BCUT2D eigenvalue weighted by molar-refractivity contribution is 5.92. The Morgan fingerprint density at radius 1 is 0.295 bits per heavy atom. The van der Waals surface area contributed by atoms with E-state index in [1.807, 2.05) is 0 Å². The van der Waals surface area contributed by atoms with E-state index in [-0.39, 0.29) is 16.2 Å².